The number of sulfone groups is 1. The zero-order valence-electron chi connectivity index (χ0n) is 9.19. The van der Waals surface area contributed by atoms with Crippen LogP contribution < -0.4 is 4.74 Å². The lowest BCUT2D eigenvalue weighted by Gasteiger charge is -2.08. The van der Waals surface area contributed by atoms with Crippen molar-refractivity contribution >= 4 is 15.6 Å². The van der Waals surface area contributed by atoms with E-state index in [9.17, 15) is 26.4 Å². The Labute approximate surface area is 101 Å². The van der Waals surface area contributed by atoms with Gasteiger partial charge in [0, 0.05) is 11.8 Å². The van der Waals surface area contributed by atoms with Crippen molar-refractivity contribution < 1.29 is 31.1 Å². The van der Waals surface area contributed by atoms with Crippen LogP contribution in [-0.2, 0) is 9.84 Å². The predicted molar refractivity (Wildman–Crippen MR) is 57.2 cm³/mol. The van der Waals surface area contributed by atoms with Crippen LogP contribution in [0.2, 0.25) is 0 Å². The molecule has 0 saturated heterocycles. The van der Waals surface area contributed by atoms with Crippen LogP contribution >= 0.6 is 0 Å². The second kappa shape index (κ2) is 4.97. The van der Waals surface area contributed by atoms with Crippen molar-refractivity contribution in [1.82, 2.24) is 0 Å². The average Bonchev–Trinajstić information content (AvgIpc) is 2.13. The summed E-state index contributed by atoms with van der Waals surface area (Å²) in [7, 11) is -3.47. The predicted octanol–water partition coefficient (Wildman–Crippen LogP) is 1.81. The lowest BCUT2D eigenvalue weighted by molar-refractivity contribution is -0.274. The normalized spacial score (nSPS) is 12.2. The molecule has 1 rings (SSSR count). The third kappa shape index (κ3) is 5.17. The molecule has 0 aliphatic carbocycles. The maximum atomic E-state index is 11.9. The third-order valence-electron chi connectivity index (χ3n) is 1.80. The Bertz CT molecular complexity index is 531. The average molecular weight is 282 g/mol. The number of carbonyl (C=O) groups excluding carboxylic acids is 1. The van der Waals surface area contributed by atoms with E-state index >= 15 is 0 Å². The monoisotopic (exact) mass is 282 g/mol. The van der Waals surface area contributed by atoms with Gasteiger partial charge in [0.1, 0.15) is 11.5 Å². The van der Waals surface area contributed by atoms with E-state index in [4.69, 9.17) is 0 Å². The Balaban J connectivity index is 2.80. The zero-order chi connectivity index (χ0) is 14.0. The molecule has 0 fully saturated rings. The molecule has 18 heavy (non-hydrogen) atoms. The summed E-state index contributed by atoms with van der Waals surface area (Å²) in [5.41, 5.74) is 0.00921. The lowest BCUT2D eigenvalue weighted by atomic mass is 10.1. The van der Waals surface area contributed by atoms with Crippen molar-refractivity contribution in [3.63, 3.8) is 0 Å². The molecule has 8 heteroatoms. The Kier molecular flexibility index (Phi) is 4.00. The third-order valence-corrected chi connectivity index (χ3v) is 2.59. The van der Waals surface area contributed by atoms with E-state index < -0.39 is 33.5 Å². The molecular weight excluding hydrogens is 273 g/mol. The second-order valence-electron chi connectivity index (χ2n) is 3.57. The molecule has 0 unspecified atom stereocenters. The molecule has 0 heterocycles. The van der Waals surface area contributed by atoms with Gasteiger partial charge in [-0.1, -0.05) is 0 Å². The smallest absolute Gasteiger partial charge is 0.406 e. The summed E-state index contributed by atoms with van der Waals surface area (Å²) in [6.07, 6.45) is -3.91. The summed E-state index contributed by atoms with van der Waals surface area (Å²) in [6, 6.07) is 4.05. The van der Waals surface area contributed by atoms with Gasteiger partial charge in [-0.25, -0.2) is 8.42 Å². The summed E-state index contributed by atoms with van der Waals surface area (Å²) in [5.74, 6) is -1.85. The maximum Gasteiger partial charge on any atom is 0.573 e. The molecule has 0 saturated carbocycles. The molecule has 0 bridgehead atoms. The quantitative estimate of drug-likeness (QED) is 0.790. The highest BCUT2D eigenvalue weighted by molar-refractivity contribution is 7.91. The summed E-state index contributed by atoms with van der Waals surface area (Å²) in [4.78, 5) is 11.4. The first-order valence-corrected chi connectivity index (χ1v) is 6.70. The summed E-state index contributed by atoms with van der Waals surface area (Å²) >= 11 is 0. The standard InChI is InChI=1S/C10H9F3O4S/c1-18(15,16)6-9(14)7-2-4-8(5-3-7)17-10(11,12)13/h2-5H,6H2,1H3. The molecule has 0 aliphatic rings. The van der Waals surface area contributed by atoms with Gasteiger partial charge in [-0.15, -0.1) is 13.2 Å². The molecule has 1 aromatic rings. The van der Waals surface area contributed by atoms with E-state index in [0.717, 1.165) is 30.5 Å². The van der Waals surface area contributed by atoms with Gasteiger partial charge in [0.2, 0.25) is 0 Å². The number of ketones is 1. The SMILES string of the molecule is CS(=O)(=O)CC(=O)c1ccc(OC(F)(F)F)cc1. The first-order valence-electron chi connectivity index (χ1n) is 4.63. The molecule has 0 aromatic heterocycles. The minimum atomic E-state index is -4.81. The van der Waals surface area contributed by atoms with E-state index in [2.05, 4.69) is 4.74 Å². The molecule has 0 N–H and O–H groups in total. The number of halogens is 3. The Morgan fingerprint density at radius 1 is 1.22 bits per heavy atom. The van der Waals surface area contributed by atoms with E-state index in [1.165, 1.54) is 0 Å². The van der Waals surface area contributed by atoms with Crippen LogP contribution in [0, 0.1) is 0 Å². The van der Waals surface area contributed by atoms with Gasteiger partial charge in [-0.3, -0.25) is 4.79 Å². The van der Waals surface area contributed by atoms with E-state index in [1.54, 1.807) is 0 Å². The van der Waals surface area contributed by atoms with E-state index in [1.807, 2.05) is 0 Å². The van der Waals surface area contributed by atoms with Gasteiger partial charge in [0.15, 0.2) is 15.6 Å². The van der Waals surface area contributed by atoms with Crippen molar-refractivity contribution in [3.05, 3.63) is 29.8 Å². The highest BCUT2D eigenvalue weighted by atomic mass is 32.2. The van der Waals surface area contributed by atoms with Crippen LogP contribution in [0.15, 0.2) is 24.3 Å². The van der Waals surface area contributed by atoms with Crippen molar-refractivity contribution in [3.8, 4) is 5.75 Å². The first-order chi connectivity index (χ1) is 8.07. The number of hydrogen-bond acceptors (Lipinski definition) is 4. The molecular formula is C10H9F3O4S. The number of Topliss-reactive ketones (excluding diaryl/α,β-unsaturated/α-hetero) is 1. The van der Waals surface area contributed by atoms with Crippen LogP contribution in [0.5, 0.6) is 5.75 Å². The van der Waals surface area contributed by atoms with Crippen molar-refractivity contribution in [2.75, 3.05) is 12.0 Å². The Morgan fingerprint density at radius 2 is 1.72 bits per heavy atom. The fourth-order valence-electron chi connectivity index (χ4n) is 1.16. The molecule has 1 aromatic carbocycles. The van der Waals surface area contributed by atoms with Crippen molar-refractivity contribution in [1.29, 1.82) is 0 Å². The summed E-state index contributed by atoms with van der Waals surface area (Å²) < 4.78 is 60.9. The number of alkyl halides is 3. The van der Waals surface area contributed by atoms with Crippen LogP contribution in [0.1, 0.15) is 10.4 Å². The van der Waals surface area contributed by atoms with Crippen LogP contribution in [0.3, 0.4) is 0 Å². The molecule has 0 amide bonds. The lowest BCUT2D eigenvalue weighted by Crippen LogP contribution is -2.17. The van der Waals surface area contributed by atoms with Crippen molar-refractivity contribution in [2.45, 2.75) is 6.36 Å². The molecule has 0 aliphatic heterocycles. The second-order valence-corrected chi connectivity index (χ2v) is 5.71. The van der Waals surface area contributed by atoms with Gasteiger partial charge in [0.25, 0.3) is 0 Å². The first kappa shape index (κ1) is 14.5. The minimum absolute atomic E-state index is 0.00921. The van der Waals surface area contributed by atoms with Gasteiger partial charge in [-0.2, -0.15) is 0 Å². The van der Waals surface area contributed by atoms with Gasteiger partial charge < -0.3 is 4.74 Å². The largest absolute Gasteiger partial charge is 0.573 e. The van der Waals surface area contributed by atoms with Gasteiger partial charge in [-0.05, 0) is 24.3 Å². The van der Waals surface area contributed by atoms with E-state index in [0.29, 0.717) is 0 Å². The van der Waals surface area contributed by atoms with Crippen LogP contribution in [-0.4, -0.2) is 32.6 Å². The van der Waals surface area contributed by atoms with Crippen LogP contribution in [0.4, 0.5) is 13.2 Å². The highest BCUT2D eigenvalue weighted by Crippen LogP contribution is 2.22. The Morgan fingerprint density at radius 3 is 2.11 bits per heavy atom. The number of carbonyl (C=O) groups is 1. The van der Waals surface area contributed by atoms with Crippen LogP contribution in [0.25, 0.3) is 0 Å². The Hall–Kier alpha value is -1.57. The molecule has 0 atom stereocenters. The van der Waals surface area contributed by atoms with Crippen molar-refractivity contribution in [2.24, 2.45) is 0 Å². The molecule has 0 spiro atoms. The summed E-state index contributed by atoms with van der Waals surface area (Å²) in [5, 5.41) is 0. The number of rotatable bonds is 4. The number of ether oxygens (including phenoxy) is 1. The minimum Gasteiger partial charge on any atom is -0.406 e. The topological polar surface area (TPSA) is 60.4 Å². The summed E-state index contributed by atoms with van der Waals surface area (Å²) in [6.45, 7) is 0. The number of benzene rings is 1. The maximum absolute atomic E-state index is 11.9. The molecule has 4 nitrogen and oxygen atoms in total. The van der Waals surface area contributed by atoms with E-state index in [-0.39, 0.29) is 5.56 Å². The van der Waals surface area contributed by atoms with Gasteiger partial charge in [0.05, 0.1) is 0 Å². The highest BCUT2D eigenvalue weighted by Gasteiger charge is 2.31. The number of hydrogen-bond donors (Lipinski definition) is 0. The van der Waals surface area contributed by atoms with Gasteiger partial charge >= 0.3 is 6.36 Å². The fraction of sp³-hybridized carbons (Fsp3) is 0.300. The fourth-order valence-corrected chi connectivity index (χ4v) is 1.81. The zero-order valence-corrected chi connectivity index (χ0v) is 10.0. The molecule has 100 valence electrons. The molecule has 0 radical (unpaired) electrons.